The molecule has 0 amide bonds. The Balaban J connectivity index is 2.40. The summed E-state index contributed by atoms with van der Waals surface area (Å²) in [6.45, 7) is 1.70. The topological polar surface area (TPSA) is 71.3 Å². The first-order valence-electron chi connectivity index (χ1n) is 4.82. The van der Waals surface area contributed by atoms with Gasteiger partial charge in [0.2, 0.25) is 0 Å². The van der Waals surface area contributed by atoms with E-state index in [0.29, 0.717) is 16.2 Å². The largest absolute Gasteiger partial charge is 0.362 e. The van der Waals surface area contributed by atoms with Crippen LogP contribution in [-0.2, 0) is 0 Å². The van der Waals surface area contributed by atoms with E-state index in [0.717, 1.165) is 13.1 Å². The molecule has 1 N–H and O–H groups in total. The summed E-state index contributed by atoms with van der Waals surface area (Å²) in [6, 6.07) is 0.303. The quantitative estimate of drug-likeness (QED) is 0.667. The third-order valence-electron chi connectivity index (χ3n) is 2.71. The Morgan fingerprint density at radius 2 is 2.31 bits per heavy atom. The normalized spacial score (nSPS) is 15.6. The predicted molar refractivity (Wildman–Crippen MR) is 63.7 cm³/mol. The molecule has 6 nitrogen and oxygen atoms in total. The second-order valence-corrected chi connectivity index (χ2v) is 4.52. The lowest BCUT2D eigenvalue weighted by molar-refractivity contribution is -0.384. The van der Waals surface area contributed by atoms with Crippen molar-refractivity contribution in [1.29, 1.82) is 0 Å². The molecule has 1 fully saturated rings. The number of anilines is 1. The number of nitrogens with zero attached hydrogens (tertiary/aromatic N) is 3. The molecular formula is C9H11BrN4O2. The predicted octanol–water partition coefficient (Wildman–Crippen LogP) is 1.16. The molecule has 1 aliphatic rings. The Morgan fingerprint density at radius 1 is 1.62 bits per heavy atom. The highest BCUT2D eigenvalue weighted by Crippen LogP contribution is 2.35. The lowest BCUT2D eigenvalue weighted by Gasteiger charge is -2.37. The fourth-order valence-corrected chi connectivity index (χ4v) is 2.23. The van der Waals surface area contributed by atoms with Gasteiger partial charge >= 0.3 is 5.69 Å². The minimum absolute atomic E-state index is 0.0313. The highest BCUT2D eigenvalue weighted by Gasteiger charge is 2.28. The first-order valence-corrected chi connectivity index (χ1v) is 5.62. The number of hydrogen-bond donors (Lipinski definition) is 1. The lowest BCUT2D eigenvalue weighted by atomic mass is 10.1. The SMILES string of the molecule is CN(c1c(Br)cncc1[N+](=O)[O-])C1CNC1. The molecule has 0 radical (unpaired) electrons. The van der Waals surface area contributed by atoms with Crippen molar-refractivity contribution in [2.75, 3.05) is 25.0 Å². The number of pyridine rings is 1. The van der Waals surface area contributed by atoms with Gasteiger partial charge in [-0.15, -0.1) is 0 Å². The molecule has 0 aromatic carbocycles. The van der Waals surface area contributed by atoms with Gasteiger partial charge in [0.1, 0.15) is 11.9 Å². The second kappa shape index (κ2) is 4.34. The van der Waals surface area contributed by atoms with E-state index in [-0.39, 0.29) is 5.69 Å². The van der Waals surface area contributed by atoms with Crippen molar-refractivity contribution in [3.8, 4) is 0 Å². The van der Waals surface area contributed by atoms with E-state index in [1.54, 1.807) is 6.20 Å². The average molecular weight is 287 g/mol. The number of aromatic nitrogens is 1. The van der Waals surface area contributed by atoms with Crippen molar-refractivity contribution < 1.29 is 4.92 Å². The molecule has 0 unspecified atom stereocenters. The number of nitro groups is 1. The number of hydrogen-bond acceptors (Lipinski definition) is 5. The Bertz CT molecular complexity index is 422. The van der Waals surface area contributed by atoms with Gasteiger partial charge in [-0.1, -0.05) is 0 Å². The first-order chi connectivity index (χ1) is 7.61. The summed E-state index contributed by atoms with van der Waals surface area (Å²) in [5.74, 6) is 0. The maximum atomic E-state index is 10.9. The van der Waals surface area contributed by atoms with Crippen LogP contribution in [0.1, 0.15) is 0 Å². The van der Waals surface area contributed by atoms with Gasteiger partial charge < -0.3 is 10.2 Å². The first kappa shape index (κ1) is 11.3. The van der Waals surface area contributed by atoms with Crippen LogP contribution in [0.4, 0.5) is 11.4 Å². The number of rotatable bonds is 3. The Kier molecular flexibility index (Phi) is 3.06. The zero-order valence-electron chi connectivity index (χ0n) is 8.68. The zero-order valence-corrected chi connectivity index (χ0v) is 10.3. The van der Waals surface area contributed by atoms with Crippen molar-refractivity contribution >= 4 is 27.3 Å². The molecule has 0 aliphatic carbocycles. The molecule has 2 heterocycles. The fraction of sp³-hybridized carbons (Fsp3) is 0.444. The smallest absolute Gasteiger partial charge is 0.311 e. The van der Waals surface area contributed by atoms with Crippen molar-refractivity contribution in [3.05, 3.63) is 27.0 Å². The van der Waals surface area contributed by atoms with Crippen LogP contribution in [0.15, 0.2) is 16.9 Å². The standard InChI is InChI=1S/C9H11BrN4O2/c1-13(6-2-11-3-6)9-7(10)4-12-5-8(9)14(15)16/h4-6,11H,2-3H2,1H3. The third kappa shape index (κ3) is 1.88. The highest BCUT2D eigenvalue weighted by atomic mass is 79.9. The van der Waals surface area contributed by atoms with Crippen LogP contribution in [0.3, 0.4) is 0 Å². The van der Waals surface area contributed by atoms with Crippen LogP contribution in [0, 0.1) is 10.1 Å². The summed E-state index contributed by atoms with van der Waals surface area (Å²) in [4.78, 5) is 16.2. The molecule has 1 saturated heterocycles. The highest BCUT2D eigenvalue weighted by molar-refractivity contribution is 9.10. The van der Waals surface area contributed by atoms with Gasteiger partial charge in [0.05, 0.1) is 15.4 Å². The number of halogens is 1. The zero-order chi connectivity index (χ0) is 11.7. The molecule has 1 aliphatic heterocycles. The van der Waals surface area contributed by atoms with Crippen LogP contribution < -0.4 is 10.2 Å². The van der Waals surface area contributed by atoms with Crippen LogP contribution >= 0.6 is 15.9 Å². The van der Waals surface area contributed by atoms with E-state index >= 15 is 0 Å². The molecule has 16 heavy (non-hydrogen) atoms. The van der Waals surface area contributed by atoms with E-state index in [4.69, 9.17) is 0 Å². The average Bonchev–Trinajstić information content (AvgIpc) is 2.14. The summed E-state index contributed by atoms with van der Waals surface area (Å²) >= 11 is 3.31. The lowest BCUT2D eigenvalue weighted by Crippen LogP contribution is -2.56. The maximum Gasteiger partial charge on any atom is 0.311 e. The molecule has 86 valence electrons. The molecular weight excluding hydrogens is 276 g/mol. The second-order valence-electron chi connectivity index (χ2n) is 3.67. The Labute approximate surface area is 101 Å². The van der Waals surface area contributed by atoms with Crippen LogP contribution in [-0.4, -0.2) is 36.1 Å². The van der Waals surface area contributed by atoms with Crippen molar-refractivity contribution in [2.24, 2.45) is 0 Å². The molecule has 0 bridgehead atoms. The molecule has 1 aromatic rings. The van der Waals surface area contributed by atoms with Gasteiger partial charge in [0.25, 0.3) is 0 Å². The van der Waals surface area contributed by atoms with Crippen molar-refractivity contribution in [3.63, 3.8) is 0 Å². The fourth-order valence-electron chi connectivity index (χ4n) is 1.63. The van der Waals surface area contributed by atoms with Gasteiger partial charge in [0, 0.05) is 26.3 Å². The summed E-state index contributed by atoms with van der Waals surface area (Å²) in [5, 5.41) is 14.0. The Morgan fingerprint density at radius 3 is 2.81 bits per heavy atom. The van der Waals surface area contributed by atoms with Crippen LogP contribution in [0.25, 0.3) is 0 Å². The Hall–Kier alpha value is -1.21. The minimum Gasteiger partial charge on any atom is -0.362 e. The molecule has 0 saturated carbocycles. The van der Waals surface area contributed by atoms with Crippen LogP contribution in [0.2, 0.25) is 0 Å². The monoisotopic (exact) mass is 286 g/mol. The minimum atomic E-state index is -0.407. The summed E-state index contributed by atoms with van der Waals surface area (Å²) in [5.41, 5.74) is 0.621. The summed E-state index contributed by atoms with van der Waals surface area (Å²) in [6.07, 6.45) is 2.85. The maximum absolute atomic E-state index is 10.9. The van der Waals surface area contributed by atoms with E-state index < -0.39 is 4.92 Å². The molecule has 7 heteroatoms. The van der Waals surface area contributed by atoms with E-state index in [1.165, 1.54) is 6.20 Å². The third-order valence-corrected chi connectivity index (χ3v) is 3.29. The molecule has 0 atom stereocenters. The van der Waals surface area contributed by atoms with E-state index in [1.807, 2.05) is 11.9 Å². The molecule has 2 rings (SSSR count). The van der Waals surface area contributed by atoms with Gasteiger partial charge in [-0.05, 0) is 15.9 Å². The van der Waals surface area contributed by atoms with Crippen molar-refractivity contribution in [1.82, 2.24) is 10.3 Å². The number of nitrogens with one attached hydrogen (secondary N) is 1. The van der Waals surface area contributed by atoms with Gasteiger partial charge in [-0.3, -0.25) is 15.1 Å². The molecule has 0 spiro atoms. The van der Waals surface area contributed by atoms with Gasteiger partial charge in [-0.2, -0.15) is 0 Å². The van der Waals surface area contributed by atoms with Crippen LogP contribution in [0.5, 0.6) is 0 Å². The van der Waals surface area contributed by atoms with Gasteiger partial charge in [-0.25, -0.2) is 0 Å². The van der Waals surface area contributed by atoms with Gasteiger partial charge in [0.15, 0.2) is 0 Å². The van der Waals surface area contributed by atoms with E-state index in [9.17, 15) is 10.1 Å². The molecule has 1 aromatic heterocycles. The number of likely N-dealkylation sites (N-methyl/N-ethyl adjacent to an activating group) is 1. The summed E-state index contributed by atoms with van der Waals surface area (Å²) in [7, 11) is 1.86. The van der Waals surface area contributed by atoms with Crippen molar-refractivity contribution in [2.45, 2.75) is 6.04 Å². The summed E-state index contributed by atoms with van der Waals surface area (Å²) < 4.78 is 0.649. The van der Waals surface area contributed by atoms with E-state index in [2.05, 4.69) is 26.2 Å².